The molecule has 2 aliphatic rings. The highest BCUT2D eigenvalue weighted by Gasteiger charge is 2.26. The molecule has 4 atom stereocenters. The highest BCUT2D eigenvalue weighted by Crippen LogP contribution is 2.38. The minimum atomic E-state index is 1.00. The van der Waals surface area contributed by atoms with Crippen LogP contribution in [-0.4, -0.2) is 0 Å². The standard InChI is InChI=1S/C26H50/c1-3-4-16-24-17-11-9-7-5-6-8-10-12-19-25(20-14-18-24)26-21-13-15-23(2)22-26/h23-26H,3-22H2,1-2H3. The summed E-state index contributed by atoms with van der Waals surface area (Å²) >= 11 is 0. The van der Waals surface area contributed by atoms with E-state index < -0.39 is 0 Å². The Morgan fingerprint density at radius 1 is 0.577 bits per heavy atom. The van der Waals surface area contributed by atoms with E-state index in [2.05, 4.69) is 13.8 Å². The second-order valence-electron chi connectivity index (χ2n) is 10.1. The number of hydrogen-bond acceptors (Lipinski definition) is 0. The van der Waals surface area contributed by atoms with E-state index in [9.17, 15) is 0 Å². The van der Waals surface area contributed by atoms with Gasteiger partial charge in [-0.2, -0.15) is 0 Å². The third kappa shape index (κ3) is 9.27. The van der Waals surface area contributed by atoms with Gasteiger partial charge in [0, 0.05) is 0 Å². The van der Waals surface area contributed by atoms with E-state index in [1.807, 2.05) is 0 Å². The Labute approximate surface area is 166 Å². The first-order valence-corrected chi connectivity index (χ1v) is 12.8. The number of hydrogen-bond donors (Lipinski definition) is 0. The highest BCUT2D eigenvalue weighted by molar-refractivity contribution is 4.78. The van der Waals surface area contributed by atoms with Crippen LogP contribution >= 0.6 is 0 Å². The molecule has 154 valence electrons. The van der Waals surface area contributed by atoms with Gasteiger partial charge in [0.15, 0.2) is 0 Å². The highest BCUT2D eigenvalue weighted by atomic mass is 14.3. The van der Waals surface area contributed by atoms with Crippen LogP contribution in [0.1, 0.15) is 142 Å². The minimum Gasteiger partial charge on any atom is -0.0654 e. The van der Waals surface area contributed by atoms with E-state index in [0.29, 0.717) is 0 Å². The molecule has 0 heterocycles. The second kappa shape index (κ2) is 14.1. The maximum Gasteiger partial charge on any atom is -0.0383 e. The minimum absolute atomic E-state index is 1.00. The van der Waals surface area contributed by atoms with Crippen LogP contribution in [-0.2, 0) is 0 Å². The fourth-order valence-corrected chi connectivity index (χ4v) is 6.02. The summed E-state index contributed by atoms with van der Waals surface area (Å²) in [6, 6.07) is 0. The third-order valence-corrected chi connectivity index (χ3v) is 7.73. The third-order valence-electron chi connectivity index (χ3n) is 7.73. The molecule has 2 rings (SSSR count). The summed E-state index contributed by atoms with van der Waals surface area (Å²) in [6.07, 6.45) is 30.3. The molecule has 2 saturated carbocycles. The van der Waals surface area contributed by atoms with Crippen molar-refractivity contribution in [1.82, 2.24) is 0 Å². The van der Waals surface area contributed by atoms with Crippen LogP contribution in [0.3, 0.4) is 0 Å². The lowest BCUT2D eigenvalue weighted by Crippen LogP contribution is -2.22. The van der Waals surface area contributed by atoms with Gasteiger partial charge in [0.2, 0.25) is 0 Å². The summed E-state index contributed by atoms with van der Waals surface area (Å²) in [5, 5.41) is 0. The molecular formula is C26H50. The van der Waals surface area contributed by atoms with Crippen LogP contribution in [0.4, 0.5) is 0 Å². The zero-order valence-corrected chi connectivity index (χ0v) is 18.5. The quantitative estimate of drug-likeness (QED) is 0.467. The van der Waals surface area contributed by atoms with Crippen molar-refractivity contribution in [3.8, 4) is 0 Å². The molecule has 0 aromatic heterocycles. The Balaban J connectivity index is 1.86. The molecule has 0 heteroatoms. The molecule has 0 aromatic carbocycles. The second-order valence-corrected chi connectivity index (χ2v) is 10.1. The Morgan fingerprint density at radius 3 is 1.81 bits per heavy atom. The van der Waals surface area contributed by atoms with E-state index in [1.165, 1.54) is 96.3 Å². The van der Waals surface area contributed by atoms with Crippen LogP contribution < -0.4 is 0 Å². The maximum absolute atomic E-state index is 2.51. The zero-order chi connectivity index (χ0) is 18.5. The topological polar surface area (TPSA) is 0 Å². The van der Waals surface area contributed by atoms with Crippen LogP contribution in [0.5, 0.6) is 0 Å². The fourth-order valence-electron chi connectivity index (χ4n) is 6.02. The molecule has 26 heavy (non-hydrogen) atoms. The van der Waals surface area contributed by atoms with Crippen LogP contribution in [0.2, 0.25) is 0 Å². The Bertz CT molecular complexity index is 320. The molecule has 2 fully saturated rings. The lowest BCUT2D eigenvalue weighted by molar-refractivity contribution is 0.177. The van der Waals surface area contributed by atoms with Gasteiger partial charge in [-0.1, -0.05) is 136 Å². The van der Waals surface area contributed by atoms with Crippen LogP contribution in [0, 0.1) is 23.7 Å². The zero-order valence-electron chi connectivity index (χ0n) is 18.5. The molecule has 4 unspecified atom stereocenters. The van der Waals surface area contributed by atoms with Crippen molar-refractivity contribution in [3.63, 3.8) is 0 Å². The summed E-state index contributed by atoms with van der Waals surface area (Å²) in [5.74, 6) is 4.19. The van der Waals surface area contributed by atoms with Gasteiger partial charge >= 0.3 is 0 Å². The van der Waals surface area contributed by atoms with Crippen molar-refractivity contribution in [3.05, 3.63) is 0 Å². The van der Waals surface area contributed by atoms with Gasteiger partial charge < -0.3 is 0 Å². The average molecular weight is 363 g/mol. The molecular weight excluding hydrogens is 312 g/mol. The summed E-state index contributed by atoms with van der Waals surface area (Å²) in [4.78, 5) is 0. The van der Waals surface area contributed by atoms with Crippen molar-refractivity contribution in [2.45, 2.75) is 142 Å². The lowest BCUT2D eigenvalue weighted by atomic mass is 9.72. The van der Waals surface area contributed by atoms with E-state index in [1.54, 1.807) is 32.1 Å². The predicted octanol–water partition coefficient (Wildman–Crippen LogP) is 9.32. The van der Waals surface area contributed by atoms with Gasteiger partial charge in [-0.15, -0.1) is 0 Å². The lowest BCUT2D eigenvalue weighted by Gasteiger charge is -2.34. The average Bonchev–Trinajstić information content (AvgIpc) is 2.65. The van der Waals surface area contributed by atoms with Crippen LogP contribution in [0.25, 0.3) is 0 Å². The smallest absolute Gasteiger partial charge is 0.0383 e. The molecule has 0 aliphatic heterocycles. The molecule has 0 spiro atoms. The SMILES string of the molecule is CCCCC1CCCCCCCCCCC(C2CCCC(C)C2)CCC1. The Kier molecular flexibility index (Phi) is 12.1. The fraction of sp³-hybridized carbons (Fsp3) is 1.00. The summed E-state index contributed by atoms with van der Waals surface area (Å²) in [5.41, 5.74) is 0. The molecule has 0 radical (unpaired) electrons. The predicted molar refractivity (Wildman–Crippen MR) is 118 cm³/mol. The van der Waals surface area contributed by atoms with Crippen molar-refractivity contribution in [1.29, 1.82) is 0 Å². The van der Waals surface area contributed by atoms with E-state index in [-0.39, 0.29) is 0 Å². The van der Waals surface area contributed by atoms with Crippen molar-refractivity contribution < 1.29 is 0 Å². The van der Waals surface area contributed by atoms with Gasteiger partial charge in [0.1, 0.15) is 0 Å². The largest absolute Gasteiger partial charge is 0.0654 e. The molecule has 0 aromatic rings. The Morgan fingerprint density at radius 2 is 1.12 bits per heavy atom. The monoisotopic (exact) mass is 362 g/mol. The van der Waals surface area contributed by atoms with Crippen molar-refractivity contribution >= 4 is 0 Å². The number of unbranched alkanes of at least 4 members (excludes halogenated alkanes) is 1. The Hall–Kier alpha value is 0. The van der Waals surface area contributed by atoms with Crippen LogP contribution in [0.15, 0.2) is 0 Å². The maximum atomic E-state index is 2.51. The van der Waals surface area contributed by atoms with E-state index in [4.69, 9.17) is 0 Å². The number of rotatable bonds is 4. The first kappa shape index (κ1) is 22.3. The molecule has 0 saturated heterocycles. The van der Waals surface area contributed by atoms with Gasteiger partial charge in [-0.3, -0.25) is 0 Å². The summed E-state index contributed by atoms with van der Waals surface area (Å²) in [7, 11) is 0. The van der Waals surface area contributed by atoms with Crippen molar-refractivity contribution in [2.75, 3.05) is 0 Å². The molecule has 0 amide bonds. The molecule has 2 aliphatic carbocycles. The van der Waals surface area contributed by atoms with Crippen molar-refractivity contribution in [2.24, 2.45) is 23.7 Å². The van der Waals surface area contributed by atoms with Gasteiger partial charge in [-0.25, -0.2) is 0 Å². The molecule has 0 bridgehead atoms. The van der Waals surface area contributed by atoms with Gasteiger partial charge in [0.25, 0.3) is 0 Å². The normalized spacial score (nSPS) is 33.9. The summed E-state index contributed by atoms with van der Waals surface area (Å²) < 4.78 is 0. The summed E-state index contributed by atoms with van der Waals surface area (Å²) in [6.45, 7) is 4.88. The van der Waals surface area contributed by atoms with Gasteiger partial charge in [0.05, 0.1) is 0 Å². The molecule has 0 N–H and O–H groups in total. The van der Waals surface area contributed by atoms with E-state index in [0.717, 1.165) is 23.7 Å². The molecule has 0 nitrogen and oxygen atoms in total. The van der Waals surface area contributed by atoms with E-state index >= 15 is 0 Å². The first-order chi connectivity index (χ1) is 12.8. The van der Waals surface area contributed by atoms with Gasteiger partial charge in [-0.05, 0) is 30.1 Å². The first-order valence-electron chi connectivity index (χ1n) is 12.8.